The summed E-state index contributed by atoms with van der Waals surface area (Å²) in [7, 11) is 4.26. The molecule has 20 heavy (non-hydrogen) atoms. The van der Waals surface area contributed by atoms with Gasteiger partial charge >= 0.3 is 0 Å². The zero-order valence-corrected chi connectivity index (χ0v) is 12.2. The third-order valence-corrected chi connectivity index (χ3v) is 3.97. The second-order valence-electron chi connectivity index (χ2n) is 5.67. The predicted molar refractivity (Wildman–Crippen MR) is 82.2 cm³/mol. The number of nitrogens with zero attached hydrogens (tertiary/aromatic N) is 1. The lowest BCUT2D eigenvalue weighted by Crippen LogP contribution is -2.16. The molecule has 0 spiro atoms. The molecule has 1 aliphatic heterocycles. The highest BCUT2D eigenvalue weighted by Gasteiger charge is 2.23. The van der Waals surface area contributed by atoms with Gasteiger partial charge in [0.1, 0.15) is 12.4 Å². The van der Waals surface area contributed by atoms with Gasteiger partial charge in [-0.2, -0.15) is 0 Å². The number of hydrogen-bond acceptors (Lipinski definition) is 2. The van der Waals surface area contributed by atoms with Crippen LogP contribution in [0.25, 0.3) is 0 Å². The van der Waals surface area contributed by atoms with Crippen molar-refractivity contribution in [1.29, 1.82) is 0 Å². The first kappa shape index (κ1) is 13.2. The lowest BCUT2D eigenvalue weighted by Gasteiger charge is -2.21. The van der Waals surface area contributed by atoms with Gasteiger partial charge in [-0.15, -0.1) is 0 Å². The van der Waals surface area contributed by atoms with Crippen LogP contribution in [0.1, 0.15) is 29.0 Å². The fraction of sp³-hybridized carbons (Fsp3) is 0.333. The number of benzene rings is 2. The quantitative estimate of drug-likeness (QED) is 0.841. The first-order chi connectivity index (χ1) is 9.75. The van der Waals surface area contributed by atoms with E-state index in [-0.39, 0.29) is 0 Å². The van der Waals surface area contributed by atoms with Crippen molar-refractivity contribution in [2.45, 2.75) is 18.9 Å². The van der Waals surface area contributed by atoms with Crippen LogP contribution >= 0.6 is 0 Å². The molecule has 2 nitrogen and oxygen atoms in total. The molecule has 2 heteroatoms. The van der Waals surface area contributed by atoms with Gasteiger partial charge in [0.2, 0.25) is 0 Å². The molecule has 0 N–H and O–H groups in total. The topological polar surface area (TPSA) is 12.5 Å². The third-order valence-electron chi connectivity index (χ3n) is 3.97. The second kappa shape index (κ2) is 5.68. The van der Waals surface area contributed by atoms with E-state index in [4.69, 9.17) is 4.74 Å². The number of para-hydroxylation sites is 1. The maximum Gasteiger partial charge on any atom is 0.123 e. The Morgan fingerprint density at radius 1 is 1.00 bits per heavy atom. The van der Waals surface area contributed by atoms with Gasteiger partial charge < -0.3 is 9.64 Å². The van der Waals surface area contributed by atoms with E-state index in [1.165, 1.54) is 16.7 Å². The van der Waals surface area contributed by atoms with Gasteiger partial charge in [-0.3, -0.25) is 0 Å². The largest absolute Gasteiger partial charge is 0.489 e. The molecule has 0 aliphatic carbocycles. The van der Waals surface area contributed by atoms with Gasteiger partial charge in [-0.25, -0.2) is 0 Å². The Labute approximate surface area is 121 Å². The van der Waals surface area contributed by atoms with Crippen molar-refractivity contribution < 1.29 is 4.74 Å². The summed E-state index contributed by atoms with van der Waals surface area (Å²) < 4.78 is 6.00. The zero-order valence-electron chi connectivity index (χ0n) is 12.2. The summed E-state index contributed by atoms with van der Waals surface area (Å²) in [6, 6.07) is 17.1. The molecule has 1 aliphatic rings. The van der Waals surface area contributed by atoms with Gasteiger partial charge in [-0.05, 0) is 44.3 Å². The molecular formula is C18H21NO. The molecule has 1 heterocycles. The molecule has 0 bridgehead atoms. The Morgan fingerprint density at radius 3 is 2.50 bits per heavy atom. The predicted octanol–water partition coefficient (Wildman–Crippen LogP) is 3.66. The number of ether oxygens (including phenoxy) is 1. The van der Waals surface area contributed by atoms with Crippen molar-refractivity contribution in [3.8, 4) is 5.75 Å². The molecule has 0 saturated heterocycles. The van der Waals surface area contributed by atoms with Crippen LogP contribution in [0.15, 0.2) is 48.5 Å². The smallest absolute Gasteiger partial charge is 0.123 e. The fourth-order valence-corrected chi connectivity index (χ4v) is 2.93. The van der Waals surface area contributed by atoms with Crippen LogP contribution in [-0.4, -0.2) is 25.5 Å². The molecule has 0 amide bonds. The van der Waals surface area contributed by atoms with Gasteiger partial charge in [0.15, 0.2) is 0 Å². The summed E-state index contributed by atoms with van der Waals surface area (Å²) >= 11 is 0. The van der Waals surface area contributed by atoms with Crippen LogP contribution in [0.4, 0.5) is 0 Å². The summed E-state index contributed by atoms with van der Waals surface area (Å²) in [4.78, 5) is 2.25. The van der Waals surface area contributed by atoms with E-state index >= 15 is 0 Å². The average Bonchev–Trinajstić information content (AvgIpc) is 2.62. The van der Waals surface area contributed by atoms with Crippen LogP contribution in [0, 0.1) is 0 Å². The highest BCUT2D eigenvalue weighted by Crippen LogP contribution is 2.39. The lowest BCUT2D eigenvalue weighted by atomic mass is 9.86. The van der Waals surface area contributed by atoms with Crippen LogP contribution in [0.2, 0.25) is 0 Å². The molecule has 0 radical (unpaired) electrons. The summed E-state index contributed by atoms with van der Waals surface area (Å²) in [5, 5.41) is 0. The van der Waals surface area contributed by atoms with Crippen LogP contribution in [0.3, 0.4) is 0 Å². The monoisotopic (exact) mass is 267 g/mol. The Morgan fingerprint density at radius 2 is 1.70 bits per heavy atom. The number of rotatable bonds is 3. The van der Waals surface area contributed by atoms with Crippen molar-refractivity contribution in [2.24, 2.45) is 0 Å². The highest BCUT2D eigenvalue weighted by molar-refractivity contribution is 5.46. The van der Waals surface area contributed by atoms with E-state index in [9.17, 15) is 0 Å². The Hall–Kier alpha value is -1.80. The minimum Gasteiger partial charge on any atom is -0.489 e. The minimum absolute atomic E-state index is 0.423. The van der Waals surface area contributed by atoms with Crippen molar-refractivity contribution in [2.75, 3.05) is 20.6 Å². The first-order valence-electron chi connectivity index (χ1n) is 7.20. The minimum atomic E-state index is 0.423. The average molecular weight is 267 g/mol. The number of fused-ring (bicyclic) bond motifs is 2. The fourth-order valence-electron chi connectivity index (χ4n) is 2.93. The third kappa shape index (κ3) is 2.56. The maximum atomic E-state index is 6.00. The van der Waals surface area contributed by atoms with Crippen LogP contribution in [0.5, 0.6) is 5.75 Å². The maximum absolute atomic E-state index is 6.00. The lowest BCUT2D eigenvalue weighted by molar-refractivity contribution is 0.306. The van der Waals surface area contributed by atoms with E-state index in [0.29, 0.717) is 12.5 Å². The van der Waals surface area contributed by atoms with E-state index in [0.717, 1.165) is 18.7 Å². The second-order valence-corrected chi connectivity index (χ2v) is 5.67. The van der Waals surface area contributed by atoms with Crippen LogP contribution in [-0.2, 0) is 6.61 Å². The summed E-state index contributed by atoms with van der Waals surface area (Å²) in [5.74, 6) is 1.46. The van der Waals surface area contributed by atoms with E-state index in [1.807, 2.05) is 0 Å². The molecule has 3 rings (SSSR count). The first-order valence-corrected chi connectivity index (χ1v) is 7.20. The van der Waals surface area contributed by atoms with Gasteiger partial charge in [0.05, 0.1) is 0 Å². The van der Waals surface area contributed by atoms with Crippen molar-refractivity contribution in [1.82, 2.24) is 4.90 Å². The Kier molecular flexibility index (Phi) is 3.75. The summed E-state index contributed by atoms with van der Waals surface area (Å²) in [6.45, 7) is 1.75. The standard InChI is InChI=1S/C18H21NO/c1-19(2)12-11-16-15-8-4-3-7-14(15)13-20-18-10-6-5-9-17(16)18/h3-10,16H,11-13H2,1-2H3. The Balaban J connectivity index is 2.04. The van der Waals surface area contributed by atoms with E-state index in [2.05, 4.69) is 67.5 Å². The molecule has 1 atom stereocenters. The molecular weight excluding hydrogens is 246 g/mol. The molecule has 0 aromatic heterocycles. The van der Waals surface area contributed by atoms with Crippen molar-refractivity contribution >= 4 is 0 Å². The van der Waals surface area contributed by atoms with Gasteiger partial charge in [0, 0.05) is 11.5 Å². The zero-order chi connectivity index (χ0) is 13.9. The molecule has 0 saturated carbocycles. The molecule has 2 aromatic rings. The molecule has 104 valence electrons. The normalized spacial score (nSPS) is 17.1. The molecule has 0 fully saturated rings. The van der Waals surface area contributed by atoms with Gasteiger partial charge in [0.25, 0.3) is 0 Å². The van der Waals surface area contributed by atoms with Gasteiger partial charge in [-0.1, -0.05) is 42.5 Å². The Bertz CT molecular complexity index is 544. The summed E-state index contributed by atoms with van der Waals surface area (Å²) in [6.07, 6.45) is 1.12. The summed E-state index contributed by atoms with van der Waals surface area (Å²) in [5.41, 5.74) is 4.05. The number of hydrogen-bond donors (Lipinski definition) is 0. The van der Waals surface area contributed by atoms with E-state index in [1.54, 1.807) is 0 Å². The van der Waals surface area contributed by atoms with E-state index < -0.39 is 0 Å². The van der Waals surface area contributed by atoms with Crippen molar-refractivity contribution in [3.63, 3.8) is 0 Å². The molecule has 2 aromatic carbocycles. The SMILES string of the molecule is CN(C)CCC1c2ccccc2COc2ccccc21. The molecule has 1 unspecified atom stereocenters. The highest BCUT2D eigenvalue weighted by atomic mass is 16.5. The van der Waals surface area contributed by atoms with Crippen molar-refractivity contribution in [3.05, 3.63) is 65.2 Å². The van der Waals surface area contributed by atoms with Crippen LogP contribution < -0.4 is 4.74 Å².